The van der Waals surface area contributed by atoms with Crippen LogP contribution in [0.15, 0.2) is 18.2 Å². The highest BCUT2D eigenvalue weighted by atomic mass is 16.6. The van der Waals surface area contributed by atoms with Crippen molar-refractivity contribution in [2.45, 2.75) is 32.7 Å². The second-order valence-electron chi connectivity index (χ2n) is 4.58. The molecule has 94 valence electrons. The molecule has 0 saturated heterocycles. The molecule has 0 unspecified atom stereocenters. The van der Waals surface area contributed by atoms with Gasteiger partial charge in [0.15, 0.2) is 0 Å². The van der Waals surface area contributed by atoms with E-state index < -0.39 is 4.92 Å². The average molecular weight is 238 g/mol. The maximum Gasteiger partial charge on any atom is 0.270 e. The van der Waals surface area contributed by atoms with Crippen molar-refractivity contribution in [1.29, 1.82) is 0 Å². The first-order valence-electron chi connectivity index (χ1n) is 5.64. The third-order valence-corrected chi connectivity index (χ3v) is 2.68. The van der Waals surface area contributed by atoms with Gasteiger partial charge in [-0.3, -0.25) is 10.1 Å². The van der Waals surface area contributed by atoms with Crippen LogP contribution >= 0.6 is 0 Å². The number of hydrogen-bond acceptors (Lipinski definition) is 4. The summed E-state index contributed by atoms with van der Waals surface area (Å²) in [6.07, 6.45) is 1.62. The standard InChI is InChI=1S/C12H18N2O3/c1-8(2)3-5-11(13)10-7-9(14(16)17)4-6-12(10)15/h4,6-8,11,15H,3,5,13H2,1-2H3/t11-/m1/s1. The van der Waals surface area contributed by atoms with E-state index in [1.165, 1.54) is 18.2 Å². The lowest BCUT2D eigenvalue weighted by atomic mass is 9.97. The van der Waals surface area contributed by atoms with E-state index in [1.54, 1.807) is 0 Å². The summed E-state index contributed by atoms with van der Waals surface area (Å²) < 4.78 is 0. The Labute approximate surface area is 100 Å². The molecule has 0 radical (unpaired) electrons. The van der Waals surface area contributed by atoms with Gasteiger partial charge in [0.1, 0.15) is 5.75 Å². The minimum atomic E-state index is -0.488. The normalized spacial score (nSPS) is 12.7. The number of hydrogen-bond donors (Lipinski definition) is 2. The molecule has 5 heteroatoms. The summed E-state index contributed by atoms with van der Waals surface area (Å²) in [5.41, 5.74) is 6.33. The Morgan fingerprint density at radius 1 is 1.41 bits per heavy atom. The van der Waals surface area contributed by atoms with Crippen molar-refractivity contribution in [2.24, 2.45) is 11.7 Å². The number of nitro groups is 1. The third-order valence-electron chi connectivity index (χ3n) is 2.68. The molecule has 0 fully saturated rings. The second-order valence-corrected chi connectivity index (χ2v) is 4.58. The smallest absolute Gasteiger partial charge is 0.270 e. The van der Waals surface area contributed by atoms with E-state index >= 15 is 0 Å². The molecule has 0 spiro atoms. The fourth-order valence-corrected chi connectivity index (χ4v) is 1.62. The highest BCUT2D eigenvalue weighted by Gasteiger charge is 2.16. The topological polar surface area (TPSA) is 89.4 Å². The van der Waals surface area contributed by atoms with Crippen LogP contribution in [0.1, 0.15) is 38.3 Å². The van der Waals surface area contributed by atoms with Crippen LogP contribution in [0.3, 0.4) is 0 Å². The van der Waals surface area contributed by atoms with Crippen LogP contribution in [0.4, 0.5) is 5.69 Å². The Bertz CT molecular complexity index is 405. The number of phenolic OH excluding ortho intramolecular Hbond substituents is 1. The number of phenols is 1. The fraction of sp³-hybridized carbons (Fsp3) is 0.500. The quantitative estimate of drug-likeness (QED) is 0.609. The summed E-state index contributed by atoms with van der Waals surface area (Å²) in [5.74, 6) is 0.536. The van der Waals surface area contributed by atoms with E-state index in [0.717, 1.165) is 6.42 Å². The Morgan fingerprint density at radius 2 is 2.06 bits per heavy atom. The van der Waals surface area contributed by atoms with Crippen LogP contribution in [0, 0.1) is 16.0 Å². The molecule has 0 saturated carbocycles. The van der Waals surface area contributed by atoms with Gasteiger partial charge in [-0.1, -0.05) is 13.8 Å². The monoisotopic (exact) mass is 238 g/mol. The fourth-order valence-electron chi connectivity index (χ4n) is 1.62. The van der Waals surface area contributed by atoms with E-state index in [9.17, 15) is 15.2 Å². The van der Waals surface area contributed by atoms with Gasteiger partial charge in [0.25, 0.3) is 5.69 Å². The number of nitro benzene ring substituents is 1. The number of benzene rings is 1. The number of nitrogens with zero attached hydrogens (tertiary/aromatic N) is 1. The molecule has 17 heavy (non-hydrogen) atoms. The zero-order valence-electron chi connectivity index (χ0n) is 10.1. The number of aromatic hydroxyl groups is 1. The van der Waals surface area contributed by atoms with Gasteiger partial charge in [-0.2, -0.15) is 0 Å². The maximum absolute atomic E-state index is 10.6. The minimum absolute atomic E-state index is 0.0202. The van der Waals surface area contributed by atoms with E-state index in [1.807, 2.05) is 0 Å². The molecule has 5 nitrogen and oxygen atoms in total. The molecule has 0 aliphatic heterocycles. The van der Waals surface area contributed by atoms with E-state index in [4.69, 9.17) is 5.73 Å². The molecule has 1 aromatic carbocycles. The molecule has 0 heterocycles. The predicted molar refractivity (Wildman–Crippen MR) is 65.8 cm³/mol. The molecule has 0 aliphatic carbocycles. The van der Waals surface area contributed by atoms with Crippen molar-refractivity contribution in [3.63, 3.8) is 0 Å². The van der Waals surface area contributed by atoms with Crippen LogP contribution in [0.5, 0.6) is 5.75 Å². The van der Waals surface area contributed by atoms with Crippen molar-refractivity contribution in [2.75, 3.05) is 0 Å². The molecule has 0 bridgehead atoms. The number of non-ortho nitro benzene ring substituents is 1. The zero-order chi connectivity index (χ0) is 13.0. The first-order chi connectivity index (χ1) is 7.91. The van der Waals surface area contributed by atoms with Gasteiger partial charge in [0.2, 0.25) is 0 Å². The van der Waals surface area contributed by atoms with Gasteiger partial charge in [0.05, 0.1) is 4.92 Å². The number of nitrogens with two attached hydrogens (primary N) is 1. The lowest BCUT2D eigenvalue weighted by Gasteiger charge is -2.14. The van der Waals surface area contributed by atoms with Crippen molar-refractivity contribution in [3.05, 3.63) is 33.9 Å². The van der Waals surface area contributed by atoms with Crippen LogP contribution in [-0.4, -0.2) is 10.0 Å². The van der Waals surface area contributed by atoms with Crippen molar-refractivity contribution >= 4 is 5.69 Å². The summed E-state index contributed by atoms with van der Waals surface area (Å²) in [7, 11) is 0. The molecule has 1 rings (SSSR count). The van der Waals surface area contributed by atoms with Crippen molar-refractivity contribution in [3.8, 4) is 5.75 Å². The summed E-state index contributed by atoms with van der Waals surface area (Å²) >= 11 is 0. The van der Waals surface area contributed by atoms with Gasteiger partial charge < -0.3 is 10.8 Å². The summed E-state index contributed by atoms with van der Waals surface area (Å²) in [5, 5.41) is 20.3. The molecule has 1 aromatic rings. The lowest BCUT2D eigenvalue weighted by molar-refractivity contribution is -0.385. The molecule has 0 amide bonds. The van der Waals surface area contributed by atoms with Crippen LogP contribution in [0.2, 0.25) is 0 Å². The Hall–Kier alpha value is -1.62. The van der Waals surface area contributed by atoms with E-state index in [-0.39, 0.29) is 17.5 Å². The Morgan fingerprint density at radius 3 is 2.59 bits per heavy atom. The molecular weight excluding hydrogens is 220 g/mol. The summed E-state index contributed by atoms with van der Waals surface area (Å²) in [6.45, 7) is 4.17. The first-order valence-corrected chi connectivity index (χ1v) is 5.64. The highest BCUT2D eigenvalue weighted by Crippen LogP contribution is 2.30. The Kier molecular flexibility index (Phi) is 4.45. The maximum atomic E-state index is 10.6. The summed E-state index contributed by atoms with van der Waals surface area (Å²) in [4.78, 5) is 10.1. The van der Waals surface area contributed by atoms with Gasteiger partial charge in [-0.25, -0.2) is 0 Å². The lowest BCUT2D eigenvalue weighted by Crippen LogP contribution is -2.11. The van der Waals surface area contributed by atoms with Crippen molar-refractivity contribution in [1.82, 2.24) is 0 Å². The second kappa shape index (κ2) is 5.63. The largest absolute Gasteiger partial charge is 0.508 e. The Balaban J connectivity index is 2.87. The molecule has 1 atom stereocenters. The minimum Gasteiger partial charge on any atom is -0.508 e. The van der Waals surface area contributed by atoms with E-state index in [0.29, 0.717) is 17.9 Å². The average Bonchev–Trinajstić information content (AvgIpc) is 2.26. The third kappa shape index (κ3) is 3.71. The van der Waals surface area contributed by atoms with Gasteiger partial charge >= 0.3 is 0 Å². The molecule has 0 aliphatic rings. The van der Waals surface area contributed by atoms with Gasteiger partial charge in [-0.15, -0.1) is 0 Å². The zero-order valence-corrected chi connectivity index (χ0v) is 10.1. The van der Waals surface area contributed by atoms with Crippen molar-refractivity contribution < 1.29 is 10.0 Å². The van der Waals surface area contributed by atoms with Gasteiger partial charge in [0, 0.05) is 23.7 Å². The predicted octanol–water partition coefficient (Wildman–Crippen LogP) is 2.74. The first kappa shape index (κ1) is 13.4. The molecule has 3 N–H and O–H groups in total. The highest BCUT2D eigenvalue weighted by molar-refractivity contribution is 5.44. The van der Waals surface area contributed by atoms with E-state index in [2.05, 4.69) is 13.8 Å². The van der Waals surface area contributed by atoms with Gasteiger partial charge in [-0.05, 0) is 24.8 Å². The van der Waals surface area contributed by atoms with Crippen LogP contribution in [0.25, 0.3) is 0 Å². The molecule has 0 aromatic heterocycles. The summed E-state index contributed by atoms with van der Waals surface area (Å²) in [6, 6.07) is 3.58. The SMILES string of the molecule is CC(C)CC[C@@H](N)c1cc([N+](=O)[O-])ccc1O. The molecular formula is C12H18N2O3. The number of rotatable bonds is 5. The van der Waals surface area contributed by atoms with Crippen LogP contribution < -0.4 is 5.73 Å². The van der Waals surface area contributed by atoms with Crippen LogP contribution in [-0.2, 0) is 0 Å².